The van der Waals surface area contributed by atoms with Gasteiger partial charge in [0.25, 0.3) is 5.91 Å². The summed E-state index contributed by atoms with van der Waals surface area (Å²) < 4.78 is 18.9. The Labute approximate surface area is 144 Å². The summed E-state index contributed by atoms with van der Waals surface area (Å²) in [4.78, 5) is 16.5. The Hall–Kier alpha value is -3.41. The molecule has 2 N–H and O–H groups in total. The van der Waals surface area contributed by atoms with Crippen LogP contribution in [0.1, 0.15) is 10.4 Å². The second-order valence-corrected chi connectivity index (χ2v) is 5.22. The molecule has 1 aromatic heterocycles. The van der Waals surface area contributed by atoms with Gasteiger partial charge in [-0.15, -0.1) is 0 Å². The van der Waals surface area contributed by atoms with Crippen molar-refractivity contribution < 1.29 is 13.9 Å². The summed E-state index contributed by atoms with van der Waals surface area (Å²) in [5.41, 5.74) is 1.72. The average Bonchev–Trinajstić information content (AvgIpc) is 2.64. The fraction of sp³-hybridized carbons (Fsp3) is 0.0526. The van der Waals surface area contributed by atoms with Gasteiger partial charge in [-0.25, -0.2) is 4.39 Å². The topological polar surface area (TPSA) is 63.2 Å². The van der Waals surface area contributed by atoms with E-state index in [2.05, 4.69) is 15.6 Å². The van der Waals surface area contributed by atoms with Gasteiger partial charge in [0, 0.05) is 6.20 Å². The van der Waals surface area contributed by atoms with Gasteiger partial charge in [-0.05, 0) is 30.3 Å². The second kappa shape index (κ2) is 7.44. The number of nitrogens with one attached hydrogen (secondary N) is 2. The van der Waals surface area contributed by atoms with Crippen LogP contribution in [0.2, 0.25) is 0 Å². The van der Waals surface area contributed by atoms with E-state index in [0.29, 0.717) is 28.4 Å². The third kappa shape index (κ3) is 3.92. The zero-order valence-electron chi connectivity index (χ0n) is 13.5. The molecule has 1 heterocycles. The van der Waals surface area contributed by atoms with Gasteiger partial charge in [0.2, 0.25) is 0 Å². The van der Waals surface area contributed by atoms with Crippen LogP contribution < -0.4 is 15.4 Å². The van der Waals surface area contributed by atoms with Crippen molar-refractivity contribution in [3.63, 3.8) is 0 Å². The molecule has 0 atom stereocenters. The van der Waals surface area contributed by atoms with Crippen molar-refractivity contribution in [3.8, 4) is 5.75 Å². The number of nitrogens with zero attached hydrogens (tertiary/aromatic N) is 1. The van der Waals surface area contributed by atoms with Crippen LogP contribution in [0.25, 0.3) is 0 Å². The summed E-state index contributed by atoms with van der Waals surface area (Å²) in [6.07, 6.45) is 2.96. The first-order valence-corrected chi connectivity index (χ1v) is 7.58. The van der Waals surface area contributed by atoms with Crippen LogP contribution in [0.3, 0.4) is 0 Å². The van der Waals surface area contributed by atoms with Crippen LogP contribution in [-0.2, 0) is 0 Å². The number of aromatic nitrogens is 1. The zero-order chi connectivity index (χ0) is 17.6. The maximum atomic E-state index is 13.7. The highest BCUT2D eigenvalue weighted by Gasteiger charge is 2.11. The molecule has 0 aliphatic rings. The third-order valence-electron chi connectivity index (χ3n) is 3.51. The molecule has 0 aliphatic carbocycles. The third-order valence-corrected chi connectivity index (χ3v) is 3.51. The predicted octanol–water partition coefficient (Wildman–Crippen LogP) is 4.23. The molecule has 0 fully saturated rings. The lowest BCUT2D eigenvalue weighted by molar-refractivity contribution is 0.102. The van der Waals surface area contributed by atoms with E-state index in [9.17, 15) is 9.18 Å². The lowest BCUT2D eigenvalue weighted by Crippen LogP contribution is -2.13. The molecule has 0 bridgehead atoms. The van der Waals surface area contributed by atoms with E-state index in [0.717, 1.165) is 0 Å². The molecule has 0 saturated carbocycles. The van der Waals surface area contributed by atoms with Gasteiger partial charge >= 0.3 is 0 Å². The number of anilines is 3. The lowest BCUT2D eigenvalue weighted by Gasteiger charge is -2.11. The lowest BCUT2D eigenvalue weighted by atomic mass is 10.2. The molecule has 25 heavy (non-hydrogen) atoms. The molecule has 1 amide bonds. The first kappa shape index (κ1) is 16.4. The summed E-state index contributed by atoms with van der Waals surface area (Å²) in [7, 11) is 1.53. The fourth-order valence-electron chi connectivity index (χ4n) is 2.29. The number of para-hydroxylation sites is 3. The SMILES string of the molecule is COc1ccccc1NC(=O)c1cncc(Nc2ccccc2F)c1. The summed E-state index contributed by atoms with van der Waals surface area (Å²) >= 11 is 0. The Bertz CT molecular complexity index is 899. The van der Waals surface area contributed by atoms with E-state index in [4.69, 9.17) is 4.74 Å². The Morgan fingerprint density at radius 2 is 1.76 bits per heavy atom. The molecule has 5 nitrogen and oxygen atoms in total. The Kier molecular flexibility index (Phi) is 4.89. The van der Waals surface area contributed by atoms with Crippen molar-refractivity contribution in [1.29, 1.82) is 0 Å². The number of halogens is 1. The highest BCUT2D eigenvalue weighted by molar-refractivity contribution is 6.05. The molecule has 0 unspecified atom stereocenters. The average molecular weight is 337 g/mol. The van der Waals surface area contributed by atoms with Gasteiger partial charge in [-0.3, -0.25) is 9.78 Å². The van der Waals surface area contributed by atoms with Gasteiger partial charge < -0.3 is 15.4 Å². The highest BCUT2D eigenvalue weighted by Crippen LogP contribution is 2.24. The van der Waals surface area contributed by atoms with Gasteiger partial charge in [0.05, 0.1) is 35.9 Å². The van der Waals surface area contributed by atoms with Crippen LogP contribution in [0.4, 0.5) is 21.5 Å². The monoisotopic (exact) mass is 337 g/mol. The highest BCUT2D eigenvalue weighted by atomic mass is 19.1. The zero-order valence-corrected chi connectivity index (χ0v) is 13.5. The molecule has 3 aromatic rings. The summed E-state index contributed by atoms with van der Waals surface area (Å²) in [5, 5.41) is 5.69. The number of benzene rings is 2. The molecule has 2 aromatic carbocycles. The van der Waals surface area contributed by atoms with Crippen molar-refractivity contribution in [2.24, 2.45) is 0 Å². The number of rotatable bonds is 5. The largest absolute Gasteiger partial charge is 0.495 e. The van der Waals surface area contributed by atoms with Crippen molar-refractivity contribution in [1.82, 2.24) is 4.98 Å². The molecule has 6 heteroatoms. The van der Waals surface area contributed by atoms with Crippen molar-refractivity contribution in [2.45, 2.75) is 0 Å². The van der Waals surface area contributed by atoms with E-state index >= 15 is 0 Å². The minimum Gasteiger partial charge on any atom is -0.495 e. The quantitative estimate of drug-likeness (QED) is 0.731. The van der Waals surface area contributed by atoms with Crippen LogP contribution >= 0.6 is 0 Å². The fourth-order valence-corrected chi connectivity index (χ4v) is 2.29. The molecule has 0 spiro atoms. The number of pyridine rings is 1. The Balaban J connectivity index is 1.79. The molecule has 0 aliphatic heterocycles. The smallest absolute Gasteiger partial charge is 0.257 e. The number of hydrogen-bond acceptors (Lipinski definition) is 4. The van der Waals surface area contributed by atoms with Crippen LogP contribution in [-0.4, -0.2) is 18.0 Å². The van der Waals surface area contributed by atoms with E-state index in [1.165, 1.54) is 25.6 Å². The first-order valence-electron chi connectivity index (χ1n) is 7.58. The number of methoxy groups -OCH3 is 1. The number of carbonyl (C=O) groups excluding carboxylic acids is 1. The van der Waals surface area contributed by atoms with Crippen molar-refractivity contribution in [2.75, 3.05) is 17.7 Å². The molecule has 126 valence electrons. The molecule has 0 saturated heterocycles. The predicted molar refractivity (Wildman–Crippen MR) is 94.9 cm³/mol. The van der Waals surface area contributed by atoms with Crippen molar-refractivity contribution in [3.05, 3.63) is 78.4 Å². The Morgan fingerprint density at radius 3 is 2.52 bits per heavy atom. The van der Waals surface area contributed by atoms with E-state index < -0.39 is 0 Å². The minimum absolute atomic E-state index is 0.312. The van der Waals surface area contributed by atoms with Crippen LogP contribution in [0, 0.1) is 5.82 Å². The van der Waals surface area contributed by atoms with Gasteiger partial charge in [-0.2, -0.15) is 0 Å². The normalized spacial score (nSPS) is 10.2. The van der Waals surface area contributed by atoms with Crippen LogP contribution in [0.5, 0.6) is 5.75 Å². The maximum absolute atomic E-state index is 13.7. The standard InChI is InChI=1S/C19H16FN3O2/c1-25-18-9-5-4-8-17(18)23-19(24)13-10-14(12-21-11-13)22-16-7-3-2-6-15(16)20/h2-12,22H,1H3,(H,23,24). The Morgan fingerprint density at radius 1 is 1.04 bits per heavy atom. The summed E-state index contributed by atoms with van der Waals surface area (Å²) in [6, 6.07) is 15.0. The first-order chi connectivity index (χ1) is 12.2. The number of hydrogen-bond donors (Lipinski definition) is 2. The number of carbonyl (C=O) groups is 1. The summed E-state index contributed by atoms with van der Waals surface area (Å²) in [5.74, 6) is -0.162. The van der Waals surface area contributed by atoms with Crippen LogP contribution in [0.15, 0.2) is 67.0 Å². The summed E-state index contributed by atoms with van der Waals surface area (Å²) in [6.45, 7) is 0. The van der Waals surface area contributed by atoms with E-state index in [1.54, 1.807) is 42.5 Å². The van der Waals surface area contributed by atoms with Gasteiger partial charge in [0.1, 0.15) is 11.6 Å². The van der Waals surface area contributed by atoms with E-state index in [-0.39, 0.29) is 11.7 Å². The van der Waals surface area contributed by atoms with E-state index in [1.807, 2.05) is 6.07 Å². The molecular weight excluding hydrogens is 321 g/mol. The van der Waals surface area contributed by atoms with Gasteiger partial charge in [0.15, 0.2) is 0 Å². The molecule has 3 rings (SSSR count). The van der Waals surface area contributed by atoms with Gasteiger partial charge in [-0.1, -0.05) is 24.3 Å². The maximum Gasteiger partial charge on any atom is 0.257 e. The molecular formula is C19H16FN3O2. The second-order valence-electron chi connectivity index (χ2n) is 5.22. The molecule has 0 radical (unpaired) electrons. The minimum atomic E-state index is -0.383. The van der Waals surface area contributed by atoms with Crippen molar-refractivity contribution >= 4 is 23.0 Å². The number of amides is 1. The number of ether oxygens (including phenoxy) is 1.